The molecule has 0 saturated heterocycles. The van der Waals surface area contributed by atoms with Gasteiger partial charge in [0.2, 0.25) is 0 Å². The average molecular weight is 561 g/mol. The molecule has 2 bridgehead atoms. The summed E-state index contributed by atoms with van der Waals surface area (Å²) < 4.78 is 0. The highest BCUT2D eigenvalue weighted by Gasteiger charge is 2.57. The zero-order chi connectivity index (χ0) is 27.7. The second kappa shape index (κ2) is 11.4. The van der Waals surface area contributed by atoms with Gasteiger partial charge < -0.3 is 0 Å². The first-order chi connectivity index (χ1) is 19.4. The minimum Gasteiger partial charge on any atom is -0.0848 e. The Labute approximate surface area is 244 Å². The van der Waals surface area contributed by atoms with Crippen molar-refractivity contribution in [2.24, 2.45) is 23.7 Å². The highest BCUT2D eigenvalue weighted by atomic mass is 31.1. The van der Waals surface area contributed by atoms with Crippen LogP contribution in [0.5, 0.6) is 0 Å². The molecule has 0 aliphatic heterocycles. The zero-order valence-electron chi connectivity index (χ0n) is 24.3. The molecule has 1 saturated carbocycles. The van der Waals surface area contributed by atoms with E-state index in [9.17, 15) is 0 Å². The number of allylic oxidation sites excluding steroid dienone is 2. The van der Waals surface area contributed by atoms with Crippen molar-refractivity contribution < 1.29 is 0 Å². The first-order valence-electron chi connectivity index (χ1n) is 14.9. The van der Waals surface area contributed by atoms with Gasteiger partial charge >= 0.3 is 0 Å². The third-order valence-corrected chi connectivity index (χ3v) is 15.7. The summed E-state index contributed by atoms with van der Waals surface area (Å²) in [5.74, 6) is 2.47. The van der Waals surface area contributed by atoms with Crippen molar-refractivity contribution in [3.05, 3.63) is 133 Å². The molecule has 204 valence electrons. The van der Waals surface area contributed by atoms with E-state index in [0.717, 1.165) is 0 Å². The third-order valence-electron chi connectivity index (χ3n) is 9.59. The van der Waals surface area contributed by atoms with Crippen molar-refractivity contribution in [3.8, 4) is 0 Å². The van der Waals surface area contributed by atoms with Gasteiger partial charge in [0, 0.05) is 0 Å². The quantitative estimate of drug-likeness (QED) is 0.149. The van der Waals surface area contributed by atoms with Crippen molar-refractivity contribution in [3.63, 3.8) is 0 Å². The Hall–Kier alpha value is -2.52. The maximum Gasteiger partial charge on any atom is -0.00339 e. The number of rotatable bonds is 8. The number of benzene rings is 4. The fraction of sp³-hybridized carbons (Fsp3) is 0.316. The smallest absolute Gasteiger partial charge is 0.00339 e. The largest absolute Gasteiger partial charge is 0.0848 e. The van der Waals surface area contributed by atoms with E-state index in [1.807, 2.05) is 0 Å². The van der Waals surface area contributed by atoms with Gasteiger partial charge in [0.1, 0.15) is 0 Å². The molecule has 3 aliphatic carbocycles. The number of fused-ring (bicyclic) bond motifs is 2. The van der Waals surface area contributed by atoms with E-state index in [1.54, 1.807) is 0 Å². The maximum atomic E-state index is 2.62. The van der Waals surface area contributed by atoms with Gasteiger partial charge in [-0.25, -0.2) is 0 Å². The molecule has 1 fully saturated rings. The van der Waals surface area contributed by atoms with Gasteiger partial charge in [0.25, 0.3) is 0 Å². The highest BCUT2D eigenvalue weighted by Crippen LogP contribution is 2.67. The molecule has 0 amide bonds. The topological polar surface area (TPSA) is 0 Å². The van der Waals surface area contributed by atoms with Crippen molar-refractivity contribution in [2.45, 2.75) is 50.8 Å². The predicted molar refractivity (Wildman–Crippen MR) is 179 cm³/mol. The van der Waals surface area contributed by atoms with Crippen LogP contribution in [-0.4, -0.2) is 10.3 Å². The van der Waals surface area contributed by atoms with Crippen molar-refractivity contribution in [1.82, 2.24) is 0 Å². The lowest BCUT2D eigenvalue weighted by Crippen LogP contribution is -2.56. The minimum absolute atomic E-state index is 0.127. The van der Waals surface area contributed by atoms with Crippen LogP contribution in [0.2, 0.25) is 0 Å². The summed E-state index contributed by atoms with van der Waals surface area (Å²) in [6.45, 7) is 10.5. The Kier molecular flexibility index (Phi) is 7.87. The van der Waals surface area contributed by atoms with Gasteiger partial charge in [0.15, 0.2) is 0 Å². The van der Waals surface area contributed by atoms with E-state index in [2.05, 4.69) is 161 Å². The lowest BCUT2D eigenvalue weighted by Gasteiger charge is -2.60. The van der Waals surface area contributed by atoms with Crippen molar-refractivity contribution in [1.29, 1.82) is 0 Å². The Balaban J connectivity index is 1.51. The zero-order valence-corrected chi connectivity index (χ0v) is 26.1. The van der Waals surface area contributed by atoms with Crippen LogP contribution in [0.3, 0.4) is 0 Å². The van der Waals surface area contributed by atoms with E-state index >= 15 is 0 Å². The van der Waals surface area contributed by atoms with Gasteiger partial charge in [-0.1, -0.05) is 161 Å². The van der Waals surface area contributed by atoms with Crippen LogP contribution < -0.4 is 21.2 Å². The summed E-state index contributed by atoms with van der Waals surface area (Å²) in [5, 5.41) is 6.27. The van der Waals surface area contributed by atoms with Crippen LogP contribution in [0.25, 0.3) is 0 Å². The van der Waals surface area contributed by atoms with Gasteiger partial charge in [-0.3, -0.25) is 0 Å². The van der Waals surface area contributed by atoms with E-state index < -0.39 is 15.8 Å². The summed E-state index contributed by atoms with van der Waals surface area (Å²) in [5.41, 5.74) is 0. The summed E-state index contributed by atoms with van der Waals surface area (Å²) in [4.78, 5) is 0. The molecule has 3 aliphatic rings. The molecular weight excluding hydrogens is 518 g/mol. The summed E-state index contributed by atoms with van der Waals surface area (Å²) >= 11 is 0. The Morgan fingerprint density at radius 3 is 0.900 bits per heavy atom. The first-order valence-corrected chi connectivity index (χ1v) is 17.6. The van der Waals surface area contributed by atoms with Crippen LogP contribution in [0.15, 0.2) is 133 Å². The normalized spacial score (nSPS) is 22.6. The second-order valence-corrected chi connectivity index (χ2v) is 18.4. The molecule has 2 heteroatoms. The van der Waals surface area contributed by atoms with Gasteiger partial charge in [-0.2, -0.15) is 0 Å². The van der Waals surface area contributed by atoms with Crippen LogP contribution >= 0.6 is 15.8 Å². The Bertz CT molecular complexity index is 1220. The van der Waals surface area contributed by atoms with Gasteiger partial charge in [-0.05, 0) is 83.9 Å². The number of hydrogen-bond donors (Lipinski definition) is 0. The lowest BCUT2D eigenvalue weighted by atomic mass is 9.55. The number of hydrogen-bond acceptors (Lipinski definition) is 0. The molecule has 40 heavy (non-hydrogen) atoms. The SMILES string of the molecule is CC(C)([C@H]1C2C=CC(CC2)[C@@H]1C(C)(C)P(c1ccccc1)c1ccccc1)P(c1ccccc1)c1ccccc1. The fourth-order valence-corrected chi connectivity index (χ4v) is 14.6. The molecule has 0 heterocycles. The maximum absolute atomic E-state index is 2.62. The van der Waals surface area contributed by atoms with E-state index in [4.69, 9.17) is 0 Å². The van der Waals surface area contributed by atoms with Crippen LogP contribution in [-0.2, 0) is 0 Å². The molecule has 7 rings (SSSR count). The summed E-state index contributed by atoms with van der Waals surface area (Å²) in [6.07, 6.45) is 7.88. The predicted octanol–water partition coefficient (Wildman–Crippen LogP) is 8.64. The first kappa shape index (κ1) is 27.6. The molecule has 2 unspecified atom stereocenters. The standard InChI is InChI=1S/C38H42P2/c1-37(2,39(31-17-9-5-10-18-31)32-19-11-6-12-20-32)35-29-25-27-30(28-26-29)36(35)38(3,4)40(33-21-13-7-14-22-33)34-23-15-8-16-24-34/h5-25,27,29-30,35-36H,26,28H2,1-4H3/t29?,30?,35-,36-/m0/s1. The monoisotopic (exact) mass is 560 g/mol. The van der Waals surface area contributed by atoms with Crippen molar-refractivity contribution >= 4 is 37.1 Å². The van der Waals surface area contributed by atoms with Crippen LogP contribution in [0.4, 0.5) is 0 Å². The molecule has 0 radical (unpaired) electrons. The third kappa shape index (κ3) is 5.04. The lowest BCUT2D eigenvalue weighted by molar-refractivity contribution is 0.0708. The van der Waals surface area contributed by atoms with E-state index in [-0.39, 0.29) is 10.3 Å². The highest BCUT2D eigenvalue weighted by molar-refractivity contribution is 7.75. The van der Waals surface area contributed by atoms with Crippen LogP contribution in [0.1, 0.15) is 40.5 Å². The molecule has 0 spiro atoms. The summed E-state index contributed by atoms with van der Waals surface area (Å²) in [7, 11) is -1.11. The van der Waals surface area contributed by atoms with Crippen molar-refractivity contribution in [2.75, 3.05) is 0 Å². The van der Waals surface area contributed by atoms with E-state index in [0.29, 0.717) is 23.7 Å². The molecular formula is C38H42P2. The molecule has 0 nitrogen and oxygen atoms in total. The Morgan fingerprint density at radius 2 is 0.675 bits per heavy atom. The second-order valence-electron chi connectivity index (χ2n) is 12.7. The molecule has 0 aromatic heterocycles. The molecule has 4 aromatic rings. The van der Waals surface area contributed by atoms with Gasteiger partial charge in [-0.15, -0.1) is 0 Å². The Morgan fingerprint density at radius 1 is 0.425 bits per heavy atom. The molecule has 4 aromatic carbocycles. The van der Waals surface area contributed by atoms with Crippen LogP contribution in [0, 0.1) is 23.7 Å². The summed E-state index contributed by atoms with van der Waals surface area (Å²) in [6, 6.07) is 45.7. The molecule has 4 atom stereocenters. The average Bonchev–Trinajstić information content (AvgIpc) is 2.99. The van der Waals surface area contributed by atoms with E-state index in [1.165, 1.54) is 34.1 Å². The molecule has 0 N–H and O–H groups in total. The minimum atomic E-state index is -0.557. The van der Waals surface area contributed by atoms with Gasteiger partial charge in [0.05, 0.1) is 0 Å². The fourth-order valence-electron chi connectivity index (χ4n) is 8.16.